The highest BCUT2D eigenvalue weighted by atomic mass is 32.2. The molecule has 0 spiro atoms. The normalized spacial score (nSPS) is 17.3. The van der Waals surface area contributed by atoms with Crippen molar-refractivity contribution in [3.63, 3.8) is 0 Å². The molecule has 0 bridgehead atoms. The molecule has 1 saturated carbocycles. The monoisotopic (exact) mass is 852 g/mol. The van der Waals surface area contributed by atoms with Crippen LogP contribution >= 0.6 is 0 Å². The number of benzene rings is 2. The predicted molar refractivity (Wildman–Crippen MR) is 230 cm³/mol. The lowest BCUT2D eigenvalue weighted by molar-refractivity contribution is -0.136. The number of aryl methyl sites for hydroxylation is 2. The standard InChI is InChI=1S/C44H52N8O8S/c1-50-21-32-30-18-27(24-61(2,59)60)29(19-35(30)51(20-25-11-12-25)22-33-37(32)39(44(50)58)49-38(33)42(56)47-17-15-45)40(54)46-16-6-4-3-5-8-26-9-7-10-28-31(26)23-52(43(28)57)34-13-14-36(53)48-41(34)55/h7,9-10,18-19,21,25,34,49H,3-6,8,11-17,20,22-24,45H2,1-2H3,(H,46,54)(H,47,56)(H,48,53,55). The Morgan fingerprint density at radius 3 is 2.39 bits per heavy atom. The van der Waals surface area contributed by atoms with Gasteiger partial charge in [-0.25, -0.2) is 8.42 Å². The molecule has 16 nitrogen and oxygen atoms in total. The lowest BCUT2D eigenvalue weighted by Gasteiger charge is -2.29. The first kappa shape index (κ1) is 41.9. The number of amides is 5. The van der Waals surface area contributed by atoms with Crippen LogP contribution < -0.4 is 32.1 Å². The second-order valence-electron chi connectivity index (χ2n) is 16.9. The Morgan fingerprint density at radius 2 is 1.66 bits per heavy atom. The van der Waals surface area contributed by atoms with Crippen LogP contribution in [0.4, 0.5) is 5.69 Å². The molecule has 0 radical (unpaired) electrons. The van der Waals surface area contributed by atoms with E-state index in [1.54, 1.807) is 36.3 Å². The van der Waals surface area contributed by atoms with E-state index in [0.29, 0.717) is 78.1 Å². The molecule has 1 aliphatic carbocycles. The number of sulfone groups is 1. The van der Waals surface area contributed by atoms with Crippen molar-refractivity contribution >= 4 is 56.0 Å². The number of fused-ring (bicyclic) bond motifs is 3. The van der Waals surface area contributed by atoms with Crippen molar-refractivity contribution in [2.45, 2.75) is 82.7 Å². The van der Waals surface area contributed by atoms with Crippen molar-refractivity contribution in [2.75, 3.05) is 37.3 Å². The molecule has 1 atom stereocenters. The van der Waals surface area contributed by atoms with Crippen LogP contribution in [0.25, 0.3) is 22.0 Å². The first-order valence-corrected chi connectivity index (χ1v) is 23.1. The molecule has 322 valence electrons. The van der Waals surface area contributed by atoms with Gasteiger partial charge in [0.1, 0.15) is 17.3 Å². The molecule has 2 aromatic carbocycles. The van der Waals surface area contributed by atoms with Gasteiger partial charge < -0.3 is 35.7 Å². The van der Waals surface area contributed by atoms with Gasteiger partial charge in [0.25, 0.3) is 23.3 Å². The third kappa shape index (κ3) is 8.58. The number of nitrogens with one attached hydrogen (secondary N) is 4. The molecule has 8 rings (SSSR count). The third-order valence-corrected chi connectivity index (χ3v) is 13.1. The van der Waals surface area contributed by atoms with E-state index in [1.807, 2.05) is 12.1 Å². The van der Waals surface area contributed by atoms with Gasteiger partial charge in [-0.3, -0.25) is 34.1 Å². The van der Waals surface area contributed by atoms with E-state index in [1.165, 1.54) is 4.57 Å². The van der Waals surface area contributed by atoms with E-state index in [-0.39, 0.29) is 71.2 Å². The van der Waals surface area contributed by atoms with Gasteiger partial charge in [0.2, 0.25) is 11.8 Å². The summed E-state index contributed by atoms with van der Waals surface area (Å²) in [6, 6.07) is 8.54. The van der Waals surface area contributed by atoms with E-state index in [0.717, 1.165) is 61.6 Å². The van der Waals surface area contributed by atoms with Crippen LogP contribution in [-0.2, 0) is 51.7 Å². The van der Waals surface area contributed by atoms with Gasteiger partial charge >= 0.3 is 0 Å². The quantitative estimate of drug-likeness (QED) is 0.0819. The van der Waals surface area contributed by atoms with E-state index in [4.69, 9.17) is 5.73 Å². The number of nitrogens with two attached hydrogens (primary N) is 1. The summed E-state index contributed by atoms with van der Waals surface area (Å²) < 4.78 is 27.1. The molecular weight excluding hydrogens is 801 g/mol. The lowest BCUT2D eigenvalue weighted by atomic mass is 9.95. The summed E-state index contributed by atoms with van der Waals surface area (Å²) >= 11 is 0. The number of nitrogens with zero attached hydrogens (tertiary/aromatic N) is 3. The Hall–Kier alpha value is -5.81. The summed E-state index contributed by atoms with van der Waals surface area (Å²) in [6.07, 6.45) is 9.45. The number of piperidine rings is 1. The predicted octanol–water partition coefficient (Wildman–Crippen LogP) is 2.79. The van der Waals surface area contributed by atoms with Gasteiger partial charge in [-0.1, -0.05) is 25.0 Å². The van der Waals surface area contributed by atoms with Gasteiger partial charge in [0.15, 0.2) is 9.84 Å². The summed E-state index contributed by atoms with van der Waals surface area (Å²) in [5.74, 6) is -1.66. The molecule has 2 fully saturated rings. The minimum absolute atomic E-state index is 0.192. The Kier molecular flexibility index (Phi) is 11.6. The Balaban J connectivity index is 0.974. The third-order valence-electron chi connectivity index (χ3n) is 12.3. The SMILES string of the molecule is Cn1cc2c3c(c(C(=O)NCCN)[nH]c3c1=O)CN(CC1CC1)c1cc(C(=O)NCCCCCCc3cccc4c3CN(C3CCC(=O)NC3=O)C4=O)c(CS(C)(=O)=O)cc1-2. The van der Waals surface area contributed by atoms with Crippen molar-refractivity contribution in [2.24, 2.45) is 18.7 Å². The van der Waals surface area contributed by atoms with E-state index in [2.05, 4.69) is 25.8 Å². The Bertz CT molecular complexity index is 2650. The number of pyridine rings is 1. The minimum atomic E-state index is -3.58. The summed E-state index contributed by atoms with van der Waals surface area (Å²) in [6.45, 7) is 2.16. The van der Waals surface area contributed by atoms with Crippen LogP contribution in [0.5, 0.6) is 0 Å². The number of carbonyl (C=O) groups is 5. The average Bonchev–Trinajstić information content (AvgIpc) is 3.89. The van der Waals surface area contributed by atoms with Crippen LogP contribution in [0.3, 0.4) is 0 Å². The lowest BCUT2D eigenvalue weighted by Crippen LogP contribution is -2.52. The smallest absolute Gasteiger partial charge is 0.274 e. The number of rotatable bonds is 16. The molecule has 61 heavy (non-hydrogen) atoms. The molecule has 3 aliphatic heterocycles. The van der Waals surface area contributed by atoms with Crippen LogP contribution in [0.1, 0.15) is 105 Å². The Morgan fingerprint density at radius 1 is 0.885 bits per heavy atom. The molecule has 1 saturated heterocycles. The van der Waals surface area contributed by atoms with Crippen molar-refractivity contribution in [3.05, 3.63) is 86.0 Å². The molecule has 5 heterocycles. The fourth-order valence-corrected chi connectivity index (χ4v) is 9.87. The topological polar surface area (TPSA) is 226 Å². The summed E-state index contributed by atoms with van der Waals surface area (Å²) in [7, 11) is -1.95. The zero-order chi connectivity index (χ0) is 43.2. The number of hydrogen-bond donors (Lipinski definition) is 5. The van der Waals surface area contributed by atoms with Crippen LogP contribution in [0.15, 0.2) is 41.3 Å². The van der Waals surface area contributed by atoms with E-state index in [9.17, 15) is 37.2 Å². The van der Waals surface area contributed by atoms with Gasteiger partial charge in [-0.15, -0.1) is 0 Å². The molecule has 17 heteroatoms. The maximum absolute atomic E-state index is 14.0. The van der Waals surface area contributed by atoms with Crippen molar-refractivity contribution in [3.8, 4) is 11.1 Å². The summed E-state index contributed by atoms with van der Waals surface area (Å²) in [4.78, 5) is 85.3. The van der Waals surface area contributed by atoms with Gasteiger partial charge in [0.05, 0.1) is 5.75 Å². The first-order valence-electron chi connectivity index (χ1n) is 21.1. The highest BCUT2D eigenvalue weighted by Gasteiger charge is 2.40. The number of H-pyrrole nitrogens is 1. The molecular formula is C44H52N8O8S. The number of anilines is 1. The molecule has 6 N–H and O–H groups in total. The number of hydrogen-bond acceptors (Lipinski definition) is 10. The zero-order valence-electron chi connectivity index (χ0n) is 34.5. The maximum atomic E-state index is 14.0. The number of aromatic amines is 1. The largest absolute Gasteiger partial charge is 0.366 e. The second-order valence-corrected chi connectivity index (χ2v) is 19.1. The van der Waals surface area contributed by atoms with Crippen LogP contribution in [0, 0.1) is 5.92 Å². The minimum Gasteiger partial charge on any atom is -0.366 e. The number of aromatic nitrogens is 2. The second kappa shape index (κ2) is 16.9. The van der Waals surface area contributed by atoms with Crippen molar-refractivity contribution in [1.29, 1.82) is 0 Å². The van der Waals surface area contributed by atoms with Crippen molar-refractivity contribution in [1.82, 2.24) is 30.4 Å². The molecule has 4 aliphatic rings. The first-order chi connectivity index (χ1) is 29.2. The Labute approximate surface area is 353 Å². The summed E-state index contributed by atoms with van der Waals surface area (Å²) in [5, 5.41) is 8.81. The average molecular weight is 853 g/mol. The van der Waals surface area contributed by atoms with Crippen molar-refractivity contribution < 1.29 is 32.4 Å². The number of carbonyl (C=O) groups excluding carboxylic acids is 5. The summed E-state index contributed by atoms with van der Waals surface area (Å²) in [5.41, 5.74) is 11.8. The van der Waals surface area contributed by atoms with Gasteiger partial charge in [-0.05, 0) is 79.3 Å². The number of imide groups is 1. The van der Waals surface area contributed by atoms with Crippen LogP contribution in [-0.4, -0.2) is 90.9 Å². The van der Waals surface area contributed by atoms with Gasteiger partial charge in [-0.2, -0.15) is 0 Å². The zero-order valence-corrected chi connectivity index (χ0v) is 35.3. The van der Waals surface area contributed by atoms with E-state index >= 15 is 0 Å². The van der Waals surface area contributed by atoms with Gasteiger partial charge in [0, 0.05) is 104 Å². The fraction of sp³-hybridized carbons (Fsp3) is 0.455. The number of unbranched alkanes of at least 4 members (excludes halogenated alkanes) is 3. The highest BCUT2D eigenvalue weighted by Crippen LogP contribution is 2.45. The fourth-order valence-electron chi connectivity index (χ4n) is 9.07. The van der Waals surface area contributed by atoms with Crippen LogP contribution in [0.2, 0.25) is 0 Å². The van der Waals surface area contributed by atoms with E-state index < -0.39 is 21.8 Å². The maximum Gasteiger partial charge on any atom is 0.274 e. The molecule has 4 aromatic rings. The molecule has 2 aromatic heterocycles. The molecule has 1 unspecified atom stereocenters. The molecule has 5 amide bonds. The highest BCUT2D eigenvalue weighted by molar-refractivity contribution is 7.89.